The molecule has 0 heterocycles. The highest BCUT2D eigenvalue weighted by molar-refractivity contribution is 7.96. The van der Waals surface area contributed by atoms with Gasteiger partial charge in [0.1, 0.15) is 0 Å². The predicted octanol–water partition coefficient (Wildman–Crippen LogP) is 0.565. The summed E-state index contributed by atoms with van der Waals surface area (Å²) in [5, 5.41) is 0. The van der Waals surface area contributed by atoms with E-state index in [4.69, 9.17) is 5.73 Å². The first kappa shape index (κ1) is 9.29. The molecule has 4 nitrogen and oxygen atoms in total. The molecule has 0 aliphatic rings. The lowest BCUT2D eigenvalue weighted by Gasteiger charge is -1.97. The van der Waals surface area contributed by atoms with Crippen LogP contribution in [0.2, 0.25) is 0 Å². The molecular formula is C5H12N4S. The molecule has 10 heavy (non-hydrogen) atoms. The van der Waals surface area contributed by atoms with Gasteiger partial charge in [-0.05, 0) is 13.8 Å². The minimum absolute atomic E-state index is 0.384. The lowest BCUT2D eigenvalue weighted by molar-refractivity contribution is 1.31. The molecule has 0 fully saturated rings. The fourth-order valence-electron chi connectivity index (χ4n) is 0.207. The number of aliphatic imine (C=N–C) groups is 1. The molecule has 0 radical (unpaired) electrons. The highest BCUT2D eigenvalue weighted by Crippen LogP contribution is 1.94. The number of nitrogens with two attached hydrogens (primary N) is 1. The van der Waals surface area contributed by atoms with Crippen LogP contribution >= 0.6 is 12.1 Å². The Morgan fingerprint density at radius 3 is 2.50 bits per heavy atom. The second-order valence-electron chi connectivity index (χ2n) is 1.84. The van der Waals surface area contributed by atoms with Crippen molar-refractivity contribution in [3.8, 4) is 0 Å². The summed E-state index contributed by atoms with van der Waals surface area (Å²) in [5.74, 6) is 0.384. The molecule has 0 aromatic carbocycles. The van der Waals surface area contributed by atoms with Crippen LogP contribution in [0.5, 0.6) is 0 Å². The summed E-state index contributed by atoms with van der Waals surface area (Å²) in [6, 6.07) is 0. The fraction of sp³-hybridized carbons (Fsp3) is 0.600. The van der Waals surface area contributed by atoms with Gasteiger partial charge in [0.15, 0.2) is 5.96 Å². The van der Waals surface area contributed by atoms with E-state index in [1.54, 1.807) is 7.05 Å². The molecule has 0 spiro atoms. The van der Waals surface area contributed by atoms with E-state index in [2.05, 4.69) is 14.1 Å². The maximum atomic E-state index is 5.31. The van der Waals surface area contributed by atoms with E-state index in [9.17, 15) is 0 Å². The Morgan fingerprint density at radius 1 is 1.50 bits per heavy atom. The van der Waals surface area contributed by atoms with Crippen LogP contribution in [0.15, 0.2) is 9.39 Å². The van der Waals surface area contributed by atoms with Crippen molar-refractivity contribution in [1.29, 1.82) is 0 Å². The summed E-state index contributed by atoms with van der Waals surface area (Å²) in [7, 11) is 1.62. The van der Waals surface area contributed by atoms with Crippen LogP contribution in [-0.4, -0.2) is 18.7 Å². The Bertz CT molecular complexity index is 148. The van der Waals surface area contributed by atoms with Crippen LogP contribution in [0.25, 0.3) is 0 Å². The second kappa shape index (κ2) is 5.10. The third-order valence-corrected chi connectivity index (χ3v) is 1.38. The van der Waals surface area contributed by atoms with Crippen molar-refractivity contribution < 1.29 is 0 Å². The first-order valence-corrected chi connectivity index (χ1v) is 3.59. The summed E-state index contributed by atoms with van der Waals surface area (Å²) < 4.78 is 6.69. The lowest BCUT2D eigenvalue weighted by Crippen LogP contribution is -2.24. The first-order chi connectivity index (χ1) is 4.66. The number of hydrogen-bond acceptors (Lipinski definition) is 3. The van der Waals surface area contributed by atoms with E-state index in [-0.39, 0.29) is 0 Å². The summed E-state index contributed by atoms with van der Waals surface area (Å²) in [5.41, 5.74) is 6.30. The maximum Gasteiger partial charge on any atom is 0.199 e. The highest BCUT2D eigenvalue weighted by Gasteiger charge is 1.85. The van der Waals surface area contributed by atoms with Crippen molar-refractivity contribution in [3.63, 3.8) is 0 Å². The summed E-state index contributed by atoms with van der Waals surface area (Å²) in [4.78, 5) is 3.68. The zero-order valence-electron chi connectivity index (χ0n) is 6.38. The molecule has 3 N–H and O–H groups in total. The summed E-state index contributed by atoms with van der Waals surface area (Å²) in [6.07, 6.45) is 0. The number of guanidine groups is 1. The van der Waals surface area contributed by atoms with Gasteiger partial charge in [-0.15, -0.1) is 0 Å². The Balaban J connectivity index is 3.47. The quantitative estimate of drug-likeness (QED) is 0.352. The maximum absolute atomic E-state index is 5.31. The van der Waals surface area contributed by atoms with Gasteiger partial charge >= 0.3 is 0 Å². The predicted molar refractivity (Wildman–Crippen MR) is 47.1 cm³/mol. The topological polar surface area (TPSA) is 62.8 Å². The normalized spacial score (nSPS) is 10.9. The van der Waals surface area contributed by atoms with E-state index in [1.165, 1.54) is 12.1 Å². The molecule has 0 saturated heterocycles. The van der Waals surface area contributed by atoms with Crippen molar-refractivity contribution in [2.75, 3.05) is 7.05 Å². The van der Waals surface area contributed by atoms with Gasteiger partial charge < -0.3 is 5.73 Å². The third kappa shape index (κ3) is 5.43. The van der Waals surface area contributed by atoms with E-state index in [0.29, 0.717) is 5.96 Å². The van der Waals surface area contributed by atoms with Crippen molar-refractivity contribution in [2.45, 2.75) is 13.8 Å². The van der Waals surface area contributed by atoms with Crippen LogP contribution in [0, 0.1) is 0 Å². The second-order valence-corrected chi connectivity index (χ2v) is 2.41. The van der Waals surface area contributed by atoms with E-state index < -0.39 is 0 Å². The minimum atomic E-state index is 0.384. The van der Waals surface area contributed by atoms with Gasteiger partial charge in [0, 0.05) is 12.8 Å². The smallest absolute Gasteiger partial charge is 0.199 e. The van der Waals surface area contributed by atoms with Gasteiger partial charge in [-0.3, -0.25) is 9.71 Å². The fourth-order valence-corrected chi connectivity index (χ4v) is 0.620. The lowest BCUT2D eigenvalue weighted by atomic mass is 10.5. The molecule has 0 rings (SSSR count). The van der Waals surface area contributed by atoms with Gasteiger partial charge in [-0.25, -0.2) is 4.40 Å². The van der Waals surface area contributed by atoms with Gasteiger partial charge in [0.2, 0.25) is 0 Å². The molecule has 0 aromatic rings. The van der Waals surface area contributed by atoms with Crippen molar-refractivity contribution in [2.24, 2.45) is 15.1 Å². The van der Waals surface area contributed by atoms with Crippen LogP contribution in [0.1, 0.15) is 13.8 Å². The van der Waals surface area contributed by atoms with E-state index in [1.807, 2.05) is 13.8 Å². The van der Waals surface area contributed by atoms with Crippen LogP contribution in [-0.2, 0) is 0 Å². The number of nitrogens with one attached hydrogen (secondary N) is 1. The molecule has 0 aliphatic carbocycles. The molecule has 0 aromatic heterocycles. The summed E-state index contributed by atoms with van der Waals surface area (Å²) in [6.45, 7) is 3.82. The highest BCUT2D eigenvalue weighted by atomic mass is 32.2. The SMILES string of the molecule is CN=C(N)NSN=C(C)C. The summed E-state index contributed by atoms with van der Waals surface area (Å²) >= 11 is 1.18. The van der Waals surface area contributed by atoms with Crippen LogP contribution < -0.4 is 10.5 Å². The van der Waals surface area contributed by atoms with E-state index in [0.717, 1.165) is 5.71 Å². The van der Waals surface area contributed by atoms with Gasteiger partial charge in [0.25, 0.3) is 0 Å². The van der Waals surface area contributed by atoms with Gasteiger partial charge in [0.05, 0.1) is 12.1 Å². The van der Waals surface area contributed by atoms with E-state index >= 15 is 0 Å². The molecule has 0 saturated carbocycles. The molecule has 58 valence electrons. The molecule has 0 amide bonds. The standard InChI is InChI=1S/C5H12N4S/c1-4(2)8-10-9-5(6)7-3/h1-3H3,(H3,6,7,9). The van der Waals surface area contributed by atoms with Crippen LogP contribution in [0.3, 0.4) is 0 Å². The zero-order chi connectivity index (χ0) is 7.98. The molecule has 5 heteroatoms. The Hall–Kier alpha value is -0.710. The van der Waals surface area contributed by atoms with Gasteiger partial charge in [-0.2, -0.15) is 0 Å². The van der Waals surface area contributed by atoms with Crippen molar-refractivity contribution >= 4 is 23.8 Å². The van der Waals surface area contributed by atoms with Crippen molar-refractivity contribution in [3.05, 3.63) is 0 Å². The number of nitrogens with zero attached hydrogens (tertiary/aromatic N) is 2. The molecule has 0 bridgehead atoms. The third-order valence-electron chi connectivity index (χ3n) is 0.619. The Morgan fingerprint density at radius 2 is 2.10 bits per heavy atom. The number of rotatable bonds is 2. The average molecular weight is 160 g/mol. The average Bonchev–Trinajstić information content (AvgIpc) is 1.87. The molecular weight excluding hydrogens is 148 g/mol. The van der Waals surface area contributed by atoms with Crippen LogP contribution in [0.4, 0.5) is 0 Å². The first-order valence-electron chi connectivity index (χ1n) is 2.82. The number of hydrogen-bond donors (Lipinski definition) is 2. The Labute approximate surface area is 65.3 Å². The largest absolute Gasteiger partial charge is 0.369 e. The Kier molecular flexibility index (Phi) is 4.74. The van der Waals surface area contributed by atoms with Crippen molar-refractivity contribution in [1.82, 2.24) is 4.72 Å². The zero-order valence-corrected chi connectivity index (χ0v) is 7.20. The minimum Gasteiger partial charge on any atom is -0.369 e. The van der Waals surface area contributed by atoms with Gasteiger partial charge in [-0.1, -0.05) is 0 Å². The monoisotopic (exact) mass is 160 g/mol. The molecule has 0 unspecified atom stereocenters. The molecule has 0 atom stereocenters. The molecule has 0 aliphatic heterocycles.